The van der Waals surface area contributed by atoms with Crippen LogP contribution in [0, 0.1) is 6.92 Å². The van der Waals surface area contributed by atoms with E-state index in [9.17, 15) is 4.79 Å². The Morgan fingerprint density at radius 2 is 2.50 bits per heavy atom. The topological polar surface area (TPSA) is 96.4 Å². The zero-order valence-electron chi connectivity index (χ0n) is 7.56. The minimum atomic E-state index is -1.06. The number of fused-ring (bicyclic) bond motifs is 1. The van der Waals surface area contributed by atoms with Crippen LogP contribution in [0.2, 0.25) is 0 Å². The predicted molar refractivity (Wildman–Crippen MR) is 48.8 cm³/mol. The number of imidazole rings is 2. The van der Waals surface area contributed by atoms with Gasteiger partial charge in [-0.15, -0.1) is 0 Å². The summed E-state index contributed by atoms with van der Waals surface area (Å²) in [7, 11) is 0. The molecule has 0 aromatic carbocycles. The zero-order valence-corrected chi connectivity index (χ0v) is 7.56. The van der Waals surface area contributed by atoms with Crippen molar-refractivity contribution in [2.24, 2.45) is 5.73 Å². The molecule has 0 saturated heterocycles. The molecule has 0 aliphatic heterocycles. The smallest absolute Gasteiger partial charge is 0.326 e. The molecule has 6 heteroatoms. The lowest BCUT2D eigenvalue weighted by Gasteiger charge is -2.00. The Bertz CT molecular complexity index is 484. The number of H-pyrrole nitrogens is 1. The quantitative estimate of drug-likeness (QED) is 0.629. The summed E-state index contributed by atoms with van der Waals surface area (Å²) in [5, 5.41) is 8.69. The molecule has 2 rings (SSSR count). The van der Waals surface area contributed by atoms with E-state index in [0.717, 1.165) is 5.69 Å². The molecule has 74 valence electrons. The van der Waals surface area contributed by atoms with E-state index in [-0.39, 0.29) is 0 Å². The van der Waals surface area contributed by atoms with Gasteiger partial charge in [-0.1, -0.05) is 0 Å². The molecule has 0 saturated carbocycles. The van der Waals surface area contributed by atoms with Crippen LogP contribution in [-0.4, -0.2) is 25.4 Å². The van der Waals surface area contributed by atoms with E-state index in [1.807, 2.05) is 6.92 Å². The minimum Gasteiger partial charge on any atom is -0.480 e. The standard InChI is InChI=1S/C8H10N4O2/c1-4-2-10-8-11-5(3-12(4)8)6(9)7(13)14/h2-3,6H,9H2,1H3,(H,10,11)(H,13,14). The first-order valence-corrected chi connectivity index (χ1v) is 4.10. The van der Waals surface area contributed by atoms with Crippen LogP contribution < -0.4 is 5.73 Å². The number of rotatable bonds is 2. The van der Waals surface area contributed by atoms with Gasteiger partial charge in [0.2, 0.25) is 5.78 Å². The summed E-state index contributed by atoms with van der Waals surface area (Å²) >= 11 is 0. The van der Waals surface area contributed by atoms with Gasteiger partial charge in [0, 0.05) is 11.9 Å². The molecule has 6 nitrogen and oxygen atoms in total. The minimum absolute atomic E-state index is 0.448. The van der Waals surface area contributed by atoms with Gasteiger partial charge in [0.05, 0.1) is 11.9 Å². The molecule has 0 amide bonds. The summed E-state index contributed by atoms with van der Waals surface area (Å²) < 4.78 is 1.76. The van der Waals surface area contributed by atoms with Crippen LogP contribution in [0.3, 0.4) is 0 Å². The number of nitrogens with zero attached hydrogens (tertiary/aromatic N) is 2. The Morgan fingerprint density at radius 1 is 1.79 bits per heavy atom. The predicted octanol–water partition coefficient (Wildman–Crippen LogP) is 0.0552. The lowest BCUT2D eigenvalue weighted by molar-refractivity contribution is -0.138. The Balaban J connectivity index is 2.50. The van der Waals surface area contributed by atoms with E-state index in [2.05, 4.69) is 9.97 Å². The van der Waals surface area contributed by atoms with Gasteiger partial charge >= 0.3 is 5.97 Å². The number of aromatic amines is 1. The highest BCUT2D eigenvalue weighted by molar-refractivity contribution is 5.74. The number of nitrogens with one attached hydrogen (secondary N) is 1. The van der Waals surface area contributed by atoms with Gasteiger partial charge in [0.1, 0.15) is 6.04 Å². The van der Waals surface area contributed by atoms with Crippen LogP contribution in [0.5, 0.6) is 0 Å². The van der Waals surface area contributed by atoms with Gasteiger partial charge < -0.3 is 15.8 Å². The van der Waals surface area contributed by atoms with Crippen LogP contribution in [0.25, 0.3) is 5.78 Å². The van der Waals surface area contributed by atoms with Gasteiger partial charge in [-0.3, -0.25) is 9.20 Å². The fraction of sp³-hybridized carbons (Fsp3) is 0.250. The number of nitrogens with two attached hydrogens (primary N) is 1. The molecule has 0 radical (unpaired) electrons. The Kier molecular flexibility index (Phi) is 1.78. The largest absolute Gasteiger partial charge is 0.480 e. The molecule has 0 spiro atoms. The molecule has 14 heavy (non-hydrogen) atoms. The third-order valence-corrected chi connectivity index (χ3v) is 2.11. The van der Waals surface area contributed by atoms with Crippen LogP contribution in [0.1, 0.15) is 17.4 Å². The highest BCUT2D eigenvalue weighted by Crippen LogP contribution is 2.12. The maximum Gasteiger partial charge on any atom is 0.326 e. The third-order valence-electron chi connectivity index (χ3n) is 2.11. The molecule has 1 atom stereocenters. The number of aliphatic carboxylic acids is 1. The van der Waals surface area contributed by atoms with Crippen molar-refractivity contribution < 1.29 is 9.90 Å². The lowest BCUT2D eigenvalue weighted by Crippen LogP contribution is -2.20. The first-order valence-electron chi connectivity index (χ1n) is 4.10. The molecular weight excluding hydrogens is 184 g/mol. The number of hydrogen-bond donors (Lipinski definition) is 3. The Labute approximate surface area is 79.4 Å². The lowest BCUT2D eigenvalue weighted by atomic mass is 10.2. The summed E-state index contributed by atoms with van der Waals surface area (Å²) in [6, 6.07) is -1.03. The van der Waals surface area contributed by atoms with Crippen molar-refractivity contribution in [3.8, 4) is 0 Å². The third kappa shape index (κ3) is 1.16. The van der Waals surface area contributed by atoms with Crippen molar-refractivity contribution in [3.63, 3.8) is 0 Å². The maximum absolute atomic E-state index is 10.6. The number of aryl methyl sites for hydroxylation is 1. The van der Waals surface area contributed by atoms with Gasteiger partial charge in [0.15, 0.2) is 0 Å². The van der Waals surface area contributed by atoms with Crippen molar-refractivity contribution >= 4 is 11.7 Å². The fourth-order valence-electron chi connectivity index (χ4n) is 1.29. The second-order valence-corrected chi connectivity index (χ2v) is 3.12. The van der Waals surface area contributed by atoms with Crippen molar-refractivity contribution in [1.29, 1.82) is 0 Å². The second-order valence-electron chi connectivity index (χ2n) is 3.12. The highest BCUT2D eigenvalue weighted by atomic mass is 16.4. The van der Waals surface area contributed by atoms with E-state index < -0.39 is 12.0 Å². The summed E-state index contributed by atoms with van der Waals surface area (Å²) in [6.45, 7) is 1.88. The van der Waals surface area contributed by atoms with Crippen LogP contribution >= 0.6 is 0 Å². The van der Waals surface area contributed by atoms with Crippen LogP contribution in [-0.2, 0) is 4.79 Å². The van der Waals surface area contributed by atoms with Crippen LogP contribution in [0.4, 0.5) is 0 Å². The maximum atomic E-state index is 10.6. The molecule has 2 aromatic rings. The van der Waals surface area contributed by atoms with E-state index in [1.165, 1.54) is 0 Å². The average Bonchev–Trinajstić information content (AvgIpc) is 2.67. The van der Waals surface area contributed by atoms with E-state index in [0.29, 0.717) is 11.5 Å². The molecule has 0 aliphatic carbocycles. The first kappa shape index (κ1) is 8.76. The summed E-state index contributed by atoms with van der Waals surface area (Å²) in [6.07, 6.45) is 3.35. The van der Waals surface area contributed by atoms with Crippen molar-refractivity contribution in [2.45, 2.75) is 13.0 Å². The van der Waals surface area contributed by atoms with Gasteiger partial charge in [-0.05, 0) is 6.92 Å². The van der Waals surface area contributed by atoms with Crippen LogP contribution in [0.15, 0.2) is 12.4 Å². The molecule has 4 N–H and O–H groups in total. The van der Waals surface area contributed by atoms with Gasteiger partial charge in [-0.2, -0.15) is 0 Å². The van der Waals surface area contributed by atoms with Gasteiger partial charge in [0.25, 0.3) is 0 Å². The number of carboxylic acids is 1. The molecule has 0 fully saturated rings. The SMILES string of the molecule is Cc1cnc2[nH]c(C(N)C(=O)O)cn12. The van der Waals surface area contributed by atoms with E-state index in [1.54, 1.807) is 16.8 Å². The molecular formula is C8H10N4O2. The second kappa shape index (κ2) is 2.85. The number of carboxylic acid groups (broad SMARTS) is 1. The summed E-state index contributed by atoms with van der Waals surface area (Å²) in [5.74, 6) is -0.457. The highest BCUT2D eigenvalue weighted by Gasteiger charge is 2.17. The zero-order chi connectivity index (χ0) is 10.3. The van der Waals surface area contributed by atoms with Crippen molar-refractivity contribution in [1.82, 2.24) is 14.4 Å². The van der Waals surface area contributed by atoms with Gasteiger partial charge in [-0.25, -0.2) is 4.98 Å². The molecule has 0 aliphatic rings. The molecule has 1 unspecified atom stereocenters. The number of aromatic nitrogens is 3. The normalized spacial score (nSPS) is 13.3. The van der Waals surface area contributed by atoms with E-state index >= 15 is 0 Å². The average molecular weight is 194 g/mol. The van der Waals surface area contributed by atoms with E-state index in [4.69, 9.17) is 10.8 Å². The number of carbonyl (C=O) groups is 1. The molecule has 2 aromatic heterocycles. The van der Waals surface area contributed by atoms with Crippen molar-refractivity contribution in [3.05, 3.63) is 23.8 Å². The molecule has 2 heterocycles. The number of hydrogen-bond acceptors (Lipinski definition) is 3. The Hall–Kier alpha value is -1.82. The summed E-state index contributed by atoms with van der Waals surface area (Å²) in [4.78, 5) is 17.5. The molecule has 0 bridgehead atoms. The Morgan fingerprint density at radius 3 is 3.07 bits per heavy atom. The first-order chi connectivity index (χ1) is 6.59. The fourth-order valence-corrected chi connectivity index (χ4v) is 1.29. The summed E-state index contributed by atoms with van der Waals surface area (Å²) in [5.41, 5.74) is 6.82. The van der Waals surface area contributed by atoms with Crippen molar-refractivity contribution in [2.75, 3.05) is 0 Å². The monoisotopic (exact) mass is 194 g/mol.